The maximum absolute atomic E-state index is 12.6. The Morgan fingerprint density at radius 3 is 2.55 bits per heavy atom. The van der Waals surface area contributed by atoms with E-state index in [1.54, 1.807) is 24.3 Å². The molecule has 1 aromatic heterocycles. The molecule has 0 radical (unpaired) electrons. The van der Waals surface area contributed by atoms with Crippen LogP contribution in [0, 0.1) is 13.8 Å². The van der Waals surface area contributed by atoms with Gasteiger partial charge in [0.2, 0.25) is 5.78 Å². The van der Waals surface area contributed by atoms with Gasteiger partial charge in [-0.15, -0.1) is 0 Å². The molecule has 1 fully saturated rings. The number of ether oxygens (including phenoxy) is 3. The van der Waals surface area contributed by atoms with Gasteiger partial charge >= 0.3 is 5.97 Å². The fraction of sp³-hybridized carbons (Fsp3) is 0.478. The molecule has 6 heteroatoms. The number of aryl methyl sites for hydroxylation is 1. The summed E-state index contributed by atoms with van der Waals surface area (Å²) in [6, 6.07) is 8.57. The quantitative estimate of drug-likeness (QED) is 0.494. The van der Waals surface area contributed by atoms with E-state index in [0.29, 0.717) is 16.9 Å². The van der Waals surface area contributed by atoms with Crippen LogP contribution in [0.3, 0.4) is 0 Å². The van der Waals surface area contributed by atoms with Crippen LogP contribution in [-0.2, 0) is 16.0 Å². The molecular weight excluding hydrogens is 370 g/mol. The fourth-order valence-electron chi connectivity index (χ4n) is 3.59. The number of rotatable bonds is 8. The van der Waals surface area contributed by atoms with Gasteiger partial charge in [0, 0.05) is 30.1 Å². The normalized spacial score (nSPS) is 16.2. The molecule has 1 aromatic carbocycles. The van der Waals surface area contributed by atoms with Gasteiger partial charge in [-0.2, -0.15) is 0 Å². The van der Waals surface area contributed by atoms with Crippen molar-refractivity contribution in [3.05, 3.63) is 52.8 Å². The number of nitrogens with zero attached hydrogens (tertiary/aromatic N) is 1. The maximum atomic E-state index is 12.6. The van der Waals surface area contributed by atoms with Crippen molar-refractivity contribution in [2.45, 2.75) is 59.3 Å². The number of hydrogen-bond donors (Lipinski definition) is 0. The molecule has 156 valence electrons. The van der Waals surface area contributed by atoms with E-state index >= 15 is 0 Å². The Bertz CT molecular complexity index is 860. The van der Waals surface area contributed by atoms with Gasteiger partial charge in [0.25, 0.3) is 0 Å². The number of benzene rings is 1. The summed E-state index contributed by atoms with van der Waals surface area (Å²) >= 11 is 0. The molecule has 0 saturated carbocycles. The highest BCUT2D eigenvalue weighted by Gasteiger charge is 2.22. The lowest BCUT2D eigenvalue weighted by Crippen LogP contribution is -2.18. The number of aromatic nitrogens is 1. The van der Waals surface area contributed by atoms with Crippen molar-refractivity contribution in [2.24, 2.45) is 0 Å². The first-order valence-corrected chi connectivity index (χ1v) is 10.1. The molecule has 1 saturated heterocycles. The monoisotopic (exact) mass is 399 g/mol. The van der Waals surface area contributed by atoms with Crippen molar-refractivity contribution < 1.29 is 23.8 Å². The van der Waals surface area contributed by atoms with Crippen molar-refractivity contribution in [3.63, 3.8) is 0 Å². The average molecular weight is 399 g/mol. The van der Waals surface area contributed by atoms with Crippen LogP contribution < -0.4 is 4.74 Å². The average Bonchev–Trinajstić information content (AvgIpc) is 3.30. The SMILES string of the molecule is Cc1cc(C(=O)COC(=O)c2ccc(OC(C)C)cc2)c(C)n1C[C@H]1CCCO1. The van der Waals surface area contributed by atoms with E-state index in [2.05, 4.69) is 4.57 Å². The Hall–Kier alpha value is -2.60. The Kier molecular flexibility index (Phi) is 6.75. The summed E-state index contributed by atoms with van der Waals surface area (Å²) in [4.78, 5) is 24.9. The molecule has 0 unspecified atom stereocenters. The molecule has 0 bridgehead atoms. The van der Waals surface area contributed by atoms with Gasteiger partial charge in [0.15, 0.2) is 6.61 Å². The smallest absolute Gasteiger partial charge is 0.338 e. The van der Waals surface area contributed by atoms with Crippen LogP contribution in [0.5, 0.6) is 5.75 Å². The number of carbonyl (C=O) groups excluding carboxylic acids is 2. The number of hydrogen-bond acceptors (Lipinski definition) is 5. The molecular formula is C23H29NO5. The third-order valence-electron chi connectivity index (χ3n) is 5.08. The minimum absolute atomic E-state index is 0.0599. The molecule has 1 aliphatic heterocycles. The molecule has 29 heavy (non-hydrogen) atoms. The predicted octanol–water partition coefficient (Wildman–Crippen LogP) is 4.11. The molecule has 1 atom stereocenters. The molecule has 0 N–H and O–H groups in total. The third-order valence-corrected chi connectivity index (χ3v) is 5.08. The van der Waals surface area contributed by atoms with Crippen LogP contribution in [0.4, 0.5) is 0 Å². The number of carbonyl (C=O) groups is 2. The first kappa shape index (κ1) is 21.1. The minimum atomic E-state index is -0.525. The van der Waals surface area contributed by atoms with Gasteiger partial charge in [-0.05, 0) is 70.9 Å². The van der Waals surface area contributed by atoms with Crippen LogP contribution in [0.1, 0.15) is 58.8 Å². The van der Waals surface area contributed by atoms with E-state index in [9.17, 15) is 9.59 Å². The second-order valence-electron chi connectivity index (χ2n) is 7.72. The van der Waals surface area contributed by atoms with Crippen LogP contribution in [0.2, 0.25) is 0 Å². The lowest BCUT2D eigenvalue weighted by Gasteiger charge is -2.14. The summed E-state index contributed by atoms with van der Waals surface area (Å²) in [5.74, 6) is -0.0429. The zero-order valence-electron chi connectivity index (χ0n) is 17.6. The maximum Gasteiger partial charge on any atom is 0.338 e. The topological polar surface area (TPSA) is 66.8 Å². The Morgan fingerprint density at radius 2 is 1.93 bits per heavy atom. The zero-order chi connectivity index (χ0) is 21.0. The molecule has 2 aromatic rings. The van der Waals surface area contributed by atoms with Crippen LogP contribution in [0.15, 0.2) is 30.3 Å². The molecule has 1 aliphatic rings. The largest absolute Gasteiger partial charge is 0.491 e. The predicted molar refractivity (Wildman–Crippen MR) is 110 cm³/mol. The summed E-state index contributed by atoms with van der Waals surface area (Å²) < 4.78 is 18.6. The first-order chi connectivity index (χ1) is 13.8. The highest BCUT2D eigenvalue weighted by atomic mass is 16.5. The first-order valence-electron chi connectivity index (χ1n) is 10.1. The van der Waals surface area contributed by atoms with Crippen molar-refractivity contribution in [2.75, 3.05) is 13.2 Å². The van der Waals surface area contributed by atoms with Crippen molar-refractivity contribution >= 4 is 11.8 Å². The van der Waals surface area contributed by atoms with Crippen molar-refractivity contribution in [1.82, 2.24) is 4.57 Å². The van der Waals surface area contributed by atoms with Crippen LogP contribution >= 0.6 is 0 Å². The van der Waals surface area contributed by atoms with E-state index < -0.39 is 5.97 Å². The number of ketones is 1. The summed E-state index contributed by atoms with van der Waals surface area (Å²) in [6.45, 7) is 9.03. The lowest BCUT2D eigenvalue weighted by atomic mass is 10.1. The molecule has 6 nitrogen and oxygen atoms in total. The summed E-state index contributed by atoms with van der Waals surface area (Å²) in [5, 5.41) is 0. The van der Waals surface area contributed by atoms with E-state index in [-0.39, 0.29) is 24.6 Å². The second kappa shape index (κ2) is 9.27. The van der Waals surface area contributed by atoms with Gasteiger partial charge in [0.1, 0.15) is 5.75 Å². The molecule has 0 spiro atoms. The molecule has 0 amide bonds. The van der Waals surface area contributed by atoms with E-state index in [1.165, 1.54) is 0 Å². The standard InChI is InChI=1S/C23H29NO5/c1-15(2)29-19-9-7-18(8-10-19)23(26)28-14-22(25)21-12-16(3)24(17(21)4)13-20-6-5-11-27-20/h7-10,12,15,20H,5-6,11,13-14H2,1-4H3/t20-/m1/s1. The van der Waals surface area contributed by atoms with E-state index in [4.69, 9.17) is 14.2 Å². The van der Waals surface area contributed by atoms with E-state index in [0.717, 1.165) is 37.4 Å². The van der Waals surface area contributed by atoms with Gasteiger partial charge in [0.05, 0.1) is 17.8 Å². The number of esters is 1. The Morgan fingerprint density at radius 1 is 1.21 bits per heavy atom. The number of Topliss-reactive ketones (excluding diaryl/α,β-unsaturated/α-hetero) is 1. The van der Waals surface area contributed by atoms with E-state index in [1.807, 2.05) is 33.8 Å². The van der Waals surface area contributed by atoms with Crippen molar-refractivity contribution in [1.29, 1.82) is 0 Å². The Labute approximate surface area is 171 Å². The highest BCUT2D eigenvalue weighted by molar-refractivity contribution is 6.00. The van der Waals surface area contributed by atoms with Gasteiger partial charge in [-0.1, -0.05) is 0 Å². The summed E-state index contributed by atoms with van der Waals surface area (Å²) in [6.07, 6.45) is 2.38. The highest BCUT2D eigenvalue weighted by Crippen LogP contribution is 2.21. The third kappa shape index (κ3) is 5.26. The summed E-state index contributed by atoms with van der Waals surface area (Å²) in [7, 11) is 0. The second-order valence-corrected chi connectivity index (χ2v) is 7.72. The molecule has 2 heterocycles. The van der Waals surface area contributed by atoms with Crippen LogP contribution in [-0.4, -0.2) is 41.7 Å². The minimum Gasteiger partial charge on any atom is -0.491 e. The zero-order valence-corrected chi connectivity index (χ0v) is 17.6. The van der Waals surface area contributed by atoms with Gasteiger partial charge in [-0.3, -0.25) is 4.79 Å². The van der Waals surface area contributed by atoms with Gasteiger partial charge in [-0.25, -0.2) is 4.79 Å². The summed E-state index contributed by atoms with van der Waals surface area (Å²) in [5.41, 5.74) is 2.87. The van der Waals surface area contributed by atoms with Crippen molar-refractivity contribution in [3.8, 4) is 5.75 Å². The van der Waals surface area contributed by atoms with Gasteiger partial charge < -0.3 is 18.8 Å². The lowest BCUT2D eigenvalue weighted by molar-refractivity contribution is 0.0474. The van der Waals surface area contributed by atoms with Crippen LogP contribution in [0.25, 0.3) is 0 Å². The molecule has 3 rings (SSSR count). The molecule has 0 aliphatic carbocycles. The Balaban J connectivity index is 1.59. The fourth-order valence-corrected chi connectivity index (χ4v) is 3.59.